The average Bonchev–Trinajstić information content (AvgIpc) is 1.78. The Labute approximate surface area is 68.2 Å². The number of rotatable bonds is 0. The molecule has 1 fully saturated rings. The number of aliphatic hydroxyl groups is 1. The van der Waals surface area contributed by atoms with Gasteiger partial charge in [-0.15, -0.1) is 12.4 Å². The summed E-state index contributed by atoms with van der Waals surface area (Å²) in [6, 6.07) is 0.338. The van der Waals surface area contributed by atoms with Gasteiger partial charge in [-0.2, -0.15) is 0 Å². The molecule has 10 heavy (non-hydrogen) atoms. The van der Waals surface area contributed by atoms with E-state index in [1.54, 1.807) is 0 Å². The molecule has 0 amide bonds. The van der Waals surface area contributed by atoms with Crippen molar-refractivity contribution in [2.45, 2.75) is 44.2 Å². The van der Waals surface area contributed by atoms with E-state index in [1.807, 2.05) is 6.92 Å². The fraction of sp³-hybridized carbons (Fsp3) is 1.00. The predicted octanol–water partition coefficient (Wildman–Crippen LogP) is 1.06. The molecule has 0 radical (unpaired) electrons. The minimum Gasteiger partial charge on any atom is -0.390 e. The Kier molecular flexibility index (Phi) is 3.63. The molecule has 3 N–H and O–H groups in total. The molecule has 1 aliphatic rings. The van der Waals surface area contributed by atoms with Crippen LogP contribution >= 0.6 is 12.4 Å². The van der Waals surface area contributed by atoms with E-state index in [4.69, 9.17) is 5.73 Å². The first-order chi connectivity index (χ1) is 4.10. The lowest BCUT2D eigenvalue weighted by atomic mass is 9.84. The highest BCUT2D eigenvalue weighted by atomic mass is 35.5. The van der Waals surface area contributed by atoms with Crippen molar-refractivity contribution in [2.75, 3.05) is 0 Å². The fourth-order valence-electron chi connectivity index (χ4n) is 1.26. The maximum atomic E-state index is 9.44. The molecule has 0 bridgehead atoms. The first-order valence-electron chi connectivity index (χ1n) is 3.58. The quantitative estimate of drug-likeness (QED) is 0.564. The van der Waals surface area contributed by atoms with Gasteiger partial charge in [0.25, 0.3) is 0 Å². The van der Waals surface area contributed by atoms with Crippen LogP contribution < -0.4 is 5.73 Å². The Morgan fingerprint density at radius 2 is 1.80 bits per heavy atom. The van der Waals surface area contributed by atoms with E-state index in [1.165, 1.54) is 0 Å². The second kappa shape index (κ2) is 3.56. The highest BCUT2D eigenvalue weighted by Gasteiger charge is 2.26. The van der Waals surface area contributed by atoms with E-state index in [9.17, 15) is 5.11 Å². The van der Waals surface area contributed by atoms with E-state index >= 15 is 0 Å². The monoisotopic (exact) mass is 165 g/mol. The molecule has 0 aromatic rings. The van der Waals surface area contributed by atoms with Crippen LogP contribution in [0.25, 0.3) is 0 Å². The summed E-state index contributed by atoms with van der Waals surface area (Å²) >= 11 is 0. The molecule has 0 saturated heterocycles. The van der Waals surface area contributed by atoms with Gasteiger partial charge in [0, 0.05) is 6.04 Å². The third-order valence-corrected chi connectivity index (χ3v) is 2.11. The number of nitrogens with two attached hydrogens (primary N) is 1. The van der Waals surface area contributed by atoms with E-state index in [-0.39, 0.29) is 12.4 Å². The topological polar surface area (TPSA) is 46.2 Å². The normalized spacial score (nSPS) is 40.5. The molecule has 2 nitrogen and oxygen atoms in total. The molecule has 0 unspecified atom stereocenters. The molecular formula is C7H16ClNO. The summed E-state index contributed by atoms with van der Waals surface area (Å²) in [5, 5.41) is 9.44. The first kappa shape index (κ1) is 10.2. The second-order valence-corrected chi connectivity index (χ2v) is 3.33. The third kappa shape index (κ3) is 2.86. The van der Waals surface area contributed by atoms with Gasteiger partial charge >= 0.3 is 0 Å². The Morgan fingerprint density at radius 1 is 1.40 bits per heavy atom. The maximum Gasteiger partial charge on any atom is 0.0621 e. The molecular weight excluding hydrogens is 150 g/mol. The Hall–Kier alpha value is 0.210. The van der Waals surface area contributed by atoms with Crippen LogP contribution in [0.3, 0.4) is 0 Å². The Balaban J connectivity index is 0.000000810. The van der Waals surface area contributed by atoms with Gasteiger partial charge in [-0.05, 0) is 32.6 Å². The van der Waals surface area contributed by atoms with Crippen molar-refractivity contribution in [3.05, 3.63) is 0 Å². The zero-order valence-electron chi connectivity index (χ0n) is 6.34. The molecule has 3 heteroatoms. The predicted molar refractivity (Wildman–Crippen MR) is 44.3 cm³/mol. The molecule has 1 rings (SSSR count). The van der Waals surface area contributed by atoms with Crippen LogP contribution in [0.15, 0.2) is 0 Å². The molecule has 1 saturated carbocycles. The molecule has 62 valence electrons. The number of hydrogen-bond donors (Lipinski definition) is 2. The lowest BCUT2D eigenvalue weighted by Gasteiger charge is -2.30. The van der Waals surface area contributed by atoms with Crippen LogP contribution in [-0.4, -0.2) is 16.7 Å². The van der Waals surface area contributed by atoms with Crippen LogP contribution in [-0.2, 0) is 0 Å². The Morgan fingerprint density at radius 3 is 2.10 bits per heavy atom. The SMILES string of the molecule is C[C@]1(O)CC[C@@H](N)CC1.Cl. The van der Waals surface area contributed by atoms with Gasteiger partial charge in [-0.3, -0.25) is 0 Å². The molecule has 0 heterocycles. The van der Waals surface area contributed by atoms with Gasteiger partial charge < -0.3 is 10.8 Å². The van der Waals surface area contributed by atoms with E-state index in [2.05, 4.69) is 0 Å². The van der Waals surface area contributed by atoms with Gasteiger partial charge in [0.2, 0.25) is 0 Å². The number of halogens is 1. The van der Waals surface area contributed by atoms with Crippen molar-refractivity contribution in [1.29, 1.82) is 0 Å². The van der Waals surface area contributed by atoms with Crippen LogP contribution in [0, 0.1) is 0 Å². The van der Waals surface area contributed by atoms with Crippen molar-refractivity contribution in [2.24, 2.45) is 5.73 Å². The van der Waals surface area contributed by atoms with Crippen molar-refractivity contribution in [3.63, 3.8) is 0 Å². The standard InChI is InChI=1S/C7H15NO.ClH/c1-7(9)4-2-6(8)3-5-7;/h6,9H,2-5,8H2,1H3;1H/t6-,7+;. The largest absolute Gasteiger partial charge is 0.390 e. The molecule has 1 aliphatic carbocycles. The summed E-state index contributed by atoms with van der Waals surface area (Å²) in [7, 11) is 0. The van der Waals surface area contributed by atoms with Gasteiger partial charge in [-0.1, -0.05) is 0 Å². The lowest BCUT2D eigenvalue weighted by Crippen LogP contribution is -2.36. The van der Waals surface area contributed by atoms with Crippen molar-refractivity contribution < 1.29 is 5.11 Å². The molecule has 0 aromatic carbocycles. The van der Waals surface area contributed by atoms with Crippen LogP contribution in [0.5, 0.6) is 0 Å². The summed E-state index contributed by atoms with van der Waals surface area (Å²) in [6.07, 6.45) is 3.70. The minimum absolute atomic E-state index is 0. The third-order valence-electron chi connectivity index (χ3n) is 2.11. The van der Waals surface area contributed by atoms with Crippen LogP contribution in [0.2, 0.25) is 0 Å². The van der Waals surface area contributed by atoms with Gasteiger partial charge in [-0.25, -0.2) is 0 Å². The summed E-state index contributed by atoms with van der Waals surface area (Å²) < 4.78 is 0. The summed E-state index contributed by atoms with van der Waals surface area (Å²) in [4.78, 5) is 0. The van der Waals surface area contributed by atoms with Crippen molar-refractivity contribution in [3.8, 4) is 0 Å². The van der Waals surface area contributed by atoms with Crippen molar-refractivity contribution >= 4 is 12.4 Å². The number of hydrogen-bond acceptors (Lipinski definition) is 2. The van der Waals surface area contributed by atoms with Gasteiger partial charge in [0.15, 0.2) is 0 Å². The Bertz CT molecular complexity index is 95.8. The van der Waals surface area contributed by atoms with Gasteiger partial charge in [0.1, 0.15) is 0 Å². The highest BCUT2D eigenvalue weighted by molar-refractivity contribution is 5.85. The van der Waals surface area contributed by atoms with E-state index in [0.29, 0.717) is 6.04 Å². The molecule has 0 atom stereocenters. The highest BCUT2D eigenvalue weighted by Crippen LogP contribution is 2.26. The van der Waals surface area contributed by atoms with Gasteiger partial charge in [0.05, 0.1) is 5.60 Å². The van der Waals surface area contributed by atoms with E-state index < -0.39 is 5.60 Å². The summed E-state index contributed by atoms with van der Waals surface area (Å²) in [5.74, 6) is 0. The smallest absolute Gasteiger partial charge is 0.0621 e. The molecule has 0 aromatic heterocycles. The second-order valence-electron chi connectivity index (χ2n) is 3.33. The fourth-order valence-corrected chi connectivity index (χ4v) is 1.26. The zero-order valence-corrected chi connectivity index (χ0v) is 7.16. The summed E-state index contributed by atoms with van der Waals surface area (Å²) in [6.45, 7) is 1.89. The molecule has 0 spiro atoms. The zero-order chi connectivity index (χ0) is 6.91. The maximum absolute atomic E-state index is 9.44. The molecule has 0 aliphatic heterocycles. The lowest BCUT2D eigenvalue weighted by molar-refractivity contribution is 0.0178. The minimum atomic E-state index is -0.421. The van der Waals surface area contributed by atoms with Crippen molar-refractivity contribution in [1.82, 2.24) is 0 Å². The van der Waals surface area contributed by atoms with E-state index in [0.717, 1.165) is 25.7 Å². The summed E-state index contributed by atoms with van der Waals surface area (Å²) in [5.41, 5.74) is 5.22. The average molecular weight is 166 g/mol. The first-order valence-corrected chi connectivity index (χ1v) is 3.58. The van der Waals surface area contributed by atoms with Crippen LogP contribution in [0.4, 0.5) is 0 Å². The van der Waals surface area contributed by atoms with Crippen LogP contribution in [0.1, 0.15) is 32.6 Å².